The summed E-state index contributed by atoms with van der Waals surface area (Å²) in [6, 6.07) is 9.94. The average molecular weight is 393 g/mol. The topological polar surface area (TPSA) is 70.1 Å². The first kappa shape index (κ1) is 15.6. The first-order chi connectivity index (χ1) is 11.1. The van der Waals surface area contributed by atoms with Gasteiger partial charge in [-0.25, -0.2) is 9.82 Å². The molecular formula is C15H10BrFN4OS. The van der Waals surface area contributed by atoms with Crippen LogP contribution in [0.25, 0.3) is 10.6 Å². The van der Waals surface area contributed by atoms with Gasteiger partial charge in [-0.3, -0.25) is 9.89 Å². The van der Waals surface area contributed by atoms with Crippen LogP contribution in [-0.4, -0.2) is 22.3 Å². The standard InChI is InChI=1S/C15H10BrFN4OS/c16-10-3-4-11(17)9(6-10)8-18-21-15(22)13-7-12(19-20-13)14-2-1-5-23-14/h1-8H,(H,19,20)(H,21,22)/b18-8-. The third-order valence-electron chi connectivity index (χ3n) is 2.92. The van der Waals surface area contributed by atoms with Gasteiger partial charge in [-0.1, -0.05) is 22.0 Å². The quantitative estimate of drug-likeness (QED) is 0.523. The summed E-state index contributed by atoms with van der Waals surface area (Å²) in [6.07, 6.45) is 1.24. The molecule has 0 aliphatic carbocycles. The summed E-state index contributed by atoms with van der Waals surface area (Å²) in [7, 11) is 0. The maximum atomic E-state index is 13.5. The molecule has 0 radical (unpaired) electrons. The SMILES string of the molecule is O=C(N/N=C\c1cc(Br)ccc1F)c1cc(-c2cccs2)[nH]n1. The summed E-state index contributed by atoms with van der Waals surface area (Å²) in [6.45, 7) is 0. The molecule has 2 N–H and O–H groups in total. The fraction of sp³-hybridized carbons (Fsp3) is 0. The van der Waals surface area contributed by atoms with E-state index in [1.165, 1.54) is 12.3 Å². The molecule has 3 aromatic rings. The fourth-order valence-corrected chi connectivity index (χ4v) is 2.90. The number of rotatable bonds is 4. The predicted octanol–water partition coefficient (Wildman–Crippen LogP) is 3.80. The second-order valence-electron chi connectivity index (χ2n) is 4.51. The van der Waals surface area contributed by atoms with Crippen LogP contribution in [0.15, 0.2) is 51.4 Å². The number of aromatic amines is 1. The minimum absolute atomic E-state index is 0.209. The molecule has 0 unspecified atom stereocenters. The highest BCUT2D eigenvalue weighted by atomic mass is 79.9. The summed E-state index contributed by atoms with van der Waals surface area (Å²) < 4.78 is 14.3. The predicted molar refractivity (Wildman–Crippen MR) is 91.1 cm³/mol. The Hall–Kier alpha value is -2.32. The number of hydrogen-bond donors (Lipinski definition) is 2. The summed E-state index contributed by atoms with van der Waals surface area (Å²) in [5, 5.41) is 12.4. The first-order valence-electron chi connectivity index (χ1n) is 6.51. The number of halogens is 2. The van der Waals surface area contributed by atoms with Gasteiger partial charge in [-0.2, -0.15) is 10.2 Å². The lowest BCUT2D eigenvalue weighted by Crippen LogP contribution is -2.18. The molecular weight excluding hydrogens is 383 g/mol. The van der Waals surface area contributed by atoms with E-state index in [0.717, 1.165) is 15.0 Å². The van der Waals surface area contributed by atoms with Crippen molar-refractivity contribution in [3.05, 3.63) is 63.3 Å². The van der Waals surface area contributed by atoms with Crippen LogP contribution in [0.4, 0.5) is 4.39 Å². The minimum atomic E-state index is -0.476. The van der Waals surface area contributed by atoms with E-state index in [2.05, 4.69) is 36.7 Å². The molecule has 116 valence electrons. The van der Waals surface area contributed by atoms with Crippen molar-refractivity contribution in [2.75, 3.05) is 0 Å². The number of carbonyl (C=O) groups excluding carboxylic acids is 1. The number of H-pyrrole nitrogens is 1. The zero-order chi connectivity index (χ0) is 16.2. The van der Waals surface area contributed by atoms with E-state index < -0.39 is 11.7 Å². The highest BCUT2D eigenvalue weighted by molar-refractivity contribution is 9.10. The Kier molecular flexibility index (Phi) is 4.63. The summed E-state index contributed by atoms with van der Waals surface area (Å²) in [4.78, 5) is 12.9. The monoisotopic (exact) mass is 392 g/mol. The first-order valence-corrected chi connectivity index (χ1v) is 8.18. The molecule has 1 aromatic carbocycles. The number of benzene rings is 1. The van der Waals surface area contributed by atoms with Crippen molar-refractivity contribution in [3.63, 3.8) is 0 Å². The molecule has 0 aliphatic rings. The number of nitrogens with one attached hydrogen (secondary N) is 2. The molecule has 2 aromatic heterocycles. The molecule has 23 heavy (non-hydrogen) atoms. The Balaban J connectivity index is 1.68. The molecule has 0 spiro atoms. The van der Waals surface area contributed by atoms with Crippen molar-refractivity contribution in [2.24, 2.45) is 5.10 Å². The van der Waals surface area contributed by atoms with Crippen LogP contribution in [0.5, 0.6) is 0 Å². The molecule has 0 atom stereocenters. The number of hydrogen-bond acceptors (Lipinski definition) is 4. The second-order valence-corrected chi connectivity index (χ2v) is 6.37. The van der Waals surface area contributed by atoms with Crippen LogP contribution in [0.3, 0.4) is 0 Å². The number of aromatic nitrogens is 2. The Morgan fingerprint density at radius 1 is 1.39 bits per heavy atom. The maximum absolute atomic E-state index is 13.5. The smallest absolute Gasteiger partial charge is 0.276 e. The lowest BCUT2D eigenvalue weighted by Gasteiger charge is -1.98. The lowest BCUT2D eigenvalue weighted by atomic mass is 10.2. The zero-order valence-electron chi connectivity index (χ0n) is 11.6. The zero-order valence-corrected chi connectivity index (χ0v) is 14.0. The molecule has 0 aliphatic heterocycles. The molecule has 1 amide bonds. The van der Waals surface area contributed by atoms with E-state index in [1.54, 1.807) is 29.5 Å². The molecule has 8 heteroatoms. The van der Waals surface area contributed by atoms with Crippen molar-refractivity contribution in [3.8, 4) is 10.6 Å². The van der Waals surface area contributed by atoms with E-state index in [-0.39, 0.29) is 11.3 Å². The van der Waals surface area contributed by atoms with Gasteiger partial charge in [0.05, 0.1) is 16.8 Å². The van der Waals surface area contributed by atoms with Crippen LogP contribution >= 0.6 is 27.3 Å². The molecule has 0 bridgehead atoms. The van der Waals surface area contributed by atoms with Gasteiger partial charge in [0, 0.05) is 10.0 Å². The Morgan fingerprint density at radius 2 is 2.26 bits per heavy atom. The maximum Gasteiger partial charge on any atom is 0.291 e. The van der Waals surface area contributed by atoms with Crippen molar-refractivity contribution >= 4 is 39.4 Å². The molecule has 3 rings (SSSR count). The number of hydrazone groups is 1. The Labute approximate surface area is 143 Å². The molecule has 2 heterocycles. The van der Waals surface area contributed by atoms with Crippen molar-refractivity contribution in [1.82, 2.24) is 15.6 Å². The Morgan fingerprint density at radius 3 is 3.04 bits per heavy atom. The normalized spacial score (nSPS) is 11.0. The Bertz CT molecular complexity index is 860. The average Bonchev–Trinajstić information content (AvgIpc) is 3.20. The third-order valence-corrected chi connectivity index (χ3v) is 4.32. The van der Waals surface area contributed by atoms with Crippen molar-refractivity contribution in [1.29, 1.82) is 0 Å². The van der Waals surface area contributed by atoms with Crippen LogP contribution in [-0.2, 0) is 0 Å². The molecule has 0 fully saturated rings. The fourth-order valence-electron chi connectivity index (χ4n) is 1.83. The molecule has 5 nitrogen and oxygen atoms in total. The number of nitrogens with zero attached hydrogens (tertiary/aromatic N) is 2. The van der Waals surface area contributed by atoms with Gasteiger partial charge >= 0.3 is 0 Å². The van der Waals surface area contributed by atoms with E-state index in [9.17, 15) is 9.18 Å². The largest absolute Gasteiger partial charge is 0.291 e. The second kappa shape index (κ2) is 6.84. The number of amides is 1. The van der Waals surface area contributed by atoms with Crippen LogP contribution in [0.1, 0.15) is 16.1 Å². The van der Waals surface area contributed by atoms with Gasteiger partial charge in [-0.05, 0) is 35.7 Å². The number of thiophene rings is 1. The van der Waals surface area contributed by atoms with E-state index in [4.69, 9.17) is 0 Å². The van der Waals surface area contributed by atoms with Gasteiger partial charge in [0.15, 0.2) is 5.69 Å². The third kappa shape index (κ3) is 3.72. The minimum Gasteiger partial charge on any atom is -0.276 e. The van der Waals surface area contributed by atoms with Crippen molar-refractivity contribution in [2.45, 2.75) is 0 Å². The van der Waals surface area contributed by atoms with Crippen LogP contribution in [0.2, 0.25) is 0 Å². The highest BCUT2D eigenvalue weighted by Crippen LogP contribution is 2.22. The van der Waals surface area contributed by atoms with Gasteiger partial charge in [-0.15, -0.1) is 11.3 Å². The van der Waals surface area contributed by atoms with E-state index in [1.807, 2.05) is 17.5 Å². The lowest BCUT2D eigenvalue weighted by molar-refractivity contribution is 0.0950. The van der Waals surface area contributed by atoms with Crippen LogP contribution in [0, 0.1) is 5.82 Å². The number of carbonyl (C=O) groups is 1. The highest BCUT2D eigenvalue weighted by Gasteiger charge is 2.11. The summed E-state index contributed by atoms with van der Waals surface area (Å²) in [5.74, 6) is -0.901. The molecule has 0 saturated carbocycles. The van der Waals surface area contributed by atoms with Gasteiger partial charge in [0.25, 0.3) is 5.91 Å². The van der Waals surface area contributed by atoms with Crippen molar-refractivity contribution < 1.29 is 9.18 Å². The molecule has 0 saturated heterocycles. The van der Waals surface area contributed by atoms with Gasteiger partial charge in [0.1, 0.15) is 5.82 Å². The van der Waals surface area contributed by atoms with E-state index in [0.29, 0.717) is 0 Å². The van der Waals surface area contributed by atoms with Gasteiger partial charge in [0.2, 0.25) is 0 Å². The van der Waals surface area contributed by atoms with E-state index >= 15 is 0 Å². The summed E-state index contributed by atoms with van der Waals surface area (Å²) in [5.41, 5.74) is 3.55. The van der Waals surface area contributed by atoms with Gasteiger partial charge < -0.3 is 0 Å². The summed E-state index contributed by atoms with van der Waals surface area (Å²) >= 11 is 4.79. The van der Waals surface area contributed by atoms with Crippen LogP contribution < -0.4 is 5.43 Å².